The second-order valence-electron chi connectivity index (χ2n) is 4.86. The van der Waals surface area contributed by atoms with Crippen LogP contribution >= 0.6 is 0 Å². The molecule has 0 fully saturated rings. The molecule has 120 valence electrons. The molecular weight excluding hydrogens is 306 g/mol. The normalized spacial score (nSPS) is 17.6. The fraction of sp³-hybridized carbons (Fsp3) is 0.214. The molecule has 1 aromatic carbocycles. The van der Waals surface area contributed by atoms with E-state index in [0.717, 1.165) is 5.06 Å². The SMILES string of the molecule is CC1=CC(c2cccc([N+](=O)[O-])c2)C([N+](=O)[O-])=C(C)N1OC=O. The molecule has 0 aliphatic carbocycles. The van der Waals surface area contributed by atoms with Crippen molar-refractivity contribution >= 4 is 12.2 Å². The number of rotatable bonds is 5. The minimum Gasteiger partial charge on any atom is -0.340 e. The van der Waals surface area contributed by atoms with Gasteiger partial charge in [0.25, 0.3) is 11.4 Å². The van der Waals surface area contributed by atoms with Crippen LogP contribution in [0.25, 0.3) is 0 Å². The number of hydrogen-bond acceptors (Lipinski definition) is 7. The molecule has 0 saturated carbocycles. The molecule has 2 rings (SSSR count). The maximum Gasteiger partial charge on any atom is 0.321 e. The van der Waals surface area contributed by atoms with Gasteiger partial charge >= 0.3 is 6.47 Å². The molecule has 9 heteroatoms. The maximum absolute atomic E-state index is 11.4. The molecule has 0 N–H and O–H groups in total. The summed E-state index contributed by atoms with van der Waals surface area (Å²) in [5.74, 6) is -0.781. The number of hydroxylamine groups is 2. The molecule has 0 amide bonds. The van der Waals surface area contributed by atoms with Gasteiger partial charge in [-0.2, -0.15) is 5.06 Å². The Balaban J connectivity index is 2.57. The first-order valence-electron chi connectivity index (χ1n) is 6.55. The van der Waals surface area contributed by atoms with Crippen LogP contribution in [0.4, 0.5) is 5.69 Å². The zero-order chi connectivity index (χ0) is 17.1. The number of carbonyl (C=O) groups excluding carboxylic acids is 1. The van der Waals surface area contributed by atoms with Crippen molar-refractivity contribution in [2.75, 3.05) is 0 Å². The molecule has 1 aliphatic rings. The quantitative estimate of drug-likeness (QED) is 0.465. The van der Waals surface area contributed by atoms with Crippen LogP contribution in [0, 0.1) is 20.2 Å². The Labute approximate surface area is 130 Å². The molecule has 0 saturated heterocycles. The van der Waals surface area contributed by atoms with Crippen molar-refractivity contribution in [2.24, 2.45) is 0 Å². The summed E-state index contributed by atoms with van der Waals surface area (Å²) in [5, 5.41) is 23.4. The Bertz CT molecular complexity index is 740. The second kappa shape index (κ2) is 6.26. The van der Waals surface area contributed by atoms with E-state index in [-0.39, 0.29) is 23.6 Å². The Morgan fingerprint density at radius 1 is 1.22 bits per heavy atom. The van der Waals surface area contributed by atoms with Crippen LogP contribution < -0.4 is 0 Å². The summed E-state index contributed by atoms with van der Waals surface area (Å²) in [7, 11) is 0. The lowest BCUT2D eigenvalue weighted by molar-refractivity contribution is -0.432. The van der Waals surface area contributed by atoms with E-state index in [2.05, 4.69) is 0 Å². The maximum atomic E-state index is 11.4. The number of allylic oxidation sites excluding steroid dienone is 3. The molecule has 1 aliphatic heterocycles. The van der Waals surface area contributed by atoms with Crippen molar-refractivity contribution in [3.8, 4) is 0 Å². The molecule has 23 heavy (non-hydrogen) atoms. The summed E-state index contributed by atoms with van der Waals surface area (Å²) in [6.07, 6.45) is 1.52. The third kappa shape index (κ3) is 3.03. The molecule has 1 heterocycles. The molecule has 0 radical (unpaired) electrons. The van der Waals surface area contributed by atoms with Crippen LogP contribution in [0.3, 0.4) is 0 Å². The highest BCUT2D eigenvalue weighted by atomic mass is 16.7. The number of carbonyl (C=O) groups is 1. The fourth-order valence-electron chi connectivity index (χ4n) is 2.52. The van der Waals surface area contributed by atoms with Crippen LogP contribution in [0.1, 0.15) is 25.3 Å². The van der Waals surface area contributed by atoms with E-state index in [1.54, 1.807) is 13.0 Å². The van der Waals surface area contributed by atoms with E-state index in [9.17, 15) is 25.0 Å². The van der Waals surface area contributed by atoms with Gasteiger partial charge in [-0.15, -0.1) is 0 Å². The van der Waals surface area contributed by atoms with E-state index in [4.69, 9.17) is 4.84 Å². The van der Waals surface area contributed by atoms with Crippen molar-refractivity contribution in [3.63, 3.8) is 0 Å². The smallest absolute Gasteiger partial charge is 0.321 e. The van der Waals surface area contributed by atoms with E-state index >= 15 is 0 Å². The first-order valence-corrected chi connectivity index (χ1v) is 6.55. The number of nitrogens with zero attached hydrogens (tertiary/aromatic N) is 3. The Kier molecular flexibility index (Phi) is 4.39. The molecule has 0 bridgehead atoms. The van der Waals surface area contributed by atoms with E-state index in [1.807, 2.05) is 0 Å². The lowest BCUT2D eigenvalue weighted by atomic mass is 9.91. The molecule has 0 aromatic heterocycles. The Hall–Kier alpha value is -3.23. The fourth-order valence-corrected chi connectivity index (χ4v) is 2.52. The van der Waals surface area contributed by atoms with Crippen molar-refractivity contribution < 1.29 is 19.5 Å². The van der Waals surface area contributed by atoms with Gasteiger partial charge in [-0.3, -0.25) is 25.0 Å². The van der Waals surface area contributed by atoms with Crippen molar-refractivity contribution in [3.05, 3.63) is 73.2 Å². The van der Waals surface area contributed by atoms with Gasteiger partial charge in [0.05, 0.1) is 21.5 Å². The first-order chi connectivity index (χ1) is 10.9. The van der Waals surface area contributed by atoms with Crippen molar-refractivity contribution in [1.82, 2.24) is 5.06 Å². The monoisotopic (exact) mass is 319 g/mol. The highest BCUT2D eigenvalue weighted by Gasteiger charge is 2.36. The van der Waals surface area contributed by atoms with Crippen molar-refractivity contribution in [2.45, 2.75) is 19.8 Å². The predicted octanol–water partition coefficient (Wildman–Crippen LogP) is 2.49. The Morgan fingerprint density at radius 2 is 1.91 bits per heavy atom. The van der Waals surface area contributed by atoms with Crippen LogP contribution in [-0.4, -0.2) is 21.4 Å². The van der Waals surface area contributed by atoms with Crippen LogP contribution in [-0.2, 0) is 9.63 Å². The van der Waals surface area contributed by atoms with Crippen LogP contribution in [0.5, 0.6) is 0 Å². The number of non-ortho nitro benzene ring substituents is 1. The molecule has 1 aromatic rings. The van der Waals surface area contributed by atoms with E-state index in [0.29, 0.717) is 11.3 Å². The molecule has 0 spiro atoms. The van der Waals surface area contributed by atoms with Gasteiger partial charge in [0.15, 0.2) is 0 Å². The lowest BCUT2D eigenvalue weighted by Crippen LogP contribution is -2.28. The minimum absolute atomic E-state index is 0.138. The molecule has 1 atom stereocenters. The average Bonchev–Trinajstić information content (AvgIpc) is 2.50. The predicted molar refractivity (Wildman–Crippen MR) is 78.3 cm³/mol. The zero-order valence-electron chi connectivity index (χ0n) is 12.3. The molecular formula is C14H13N3O6. The molecule has 9 nitrogen and oxygen atoms in total. The lowest BCUT2D eigenvalue weighted by Gasteiger charge is -2.28. The number of benzene rings is 1. The van der Waals surface area contributed by atoms with E-state index in [1.165, 1.54) is 31.2 Å². The first kappa shape index (κ1) is 16.1. The highest BCUT2D eigenvalue weighted by molar-refractivity contribution is 5.44. The van der Waals surface area contributed by atoms with Crippen molar-refractivity contribution in [1.29, 1.82) is 0 Å². The van der Waals surface area contributed by atoms with Crippen LogP contribution in [0.2, 0.25) is 0 Å². The van der Waals surface area contributed by atoms with Gasteiger partial charge in [0.1, 0.15) is 5.70 Å². The largest absolute Gasteiger partial charge is 0.340 e. The average molecular weight is 319 g/mol. The summed E-state index contributed by atoms with van der Waals surface area (Å²) in [6, 6.07) is 5.65. The van der Waals surface area contributed by atoms with Gasteiger partial charge in [-0.25, -0.2) is 0 Å². The number of nitro benzene ring substituents is 1. The number of nitro groups is 2. The van der Waals surface area contributed by atoms with Gasteiger partial charge < -0.3 is 4.84 Å². The third-order valence-electron chi connectivity index (χ3n) is 3.48. The number of hydrogen-bond donors (Lipinski definition) is 0. The van der Waals surface area contributed by atoms with Gasteiger partial charge in [-0.1, -0.05) is 12.1 Å². The molecule has 1 unspecified atom stereocenters. The van der Waals surface area contributed by atoms with Gasteiger partial charge in [-0.05, 0) is 25.5 Å². The Morgan fingerprint density at radius 3 is 2.48 bits per heavy atom. The summed E-state index contributed by atoms with van der Waals surface area (Å²) < 4.78 is 0. The van der Waals surface area contributed by atoms with Gasteiger partial charge in [0, 0.05) is 12.1 Å². The summed E-state index contributed by atoms with van der Waals surface area (Å²) in [6.45, 7) is 3.24. The summed E-state index contributed by atoms with van der Waals surface area (Å²) in [4.78, 5) is 36.5. The summed E-state index contributed by atoms with van der Waals surface area (Å²) in [5.41, 5.74) is 0.657. The van der Waals surface area contributed by atoms with Gasteiger partial charge in [0.2, 0.25) is 0 Å². The third-order valence-corrected chi connectivity index (χ3v) is 3.48. The van der Waals surface area contributed by atoms with E-state index < -0.39 is 15.8 Å². The second-order valence-corrected chi connectivity index (χ2v) is 4.86. The zero-order valence-corrected chi connectivity index (χ0v) is 12.3. The van der Waals surface area contributed by atoms with Crippen LogP contribution in [0.15, 0.2) is 47.4 Å². The minimum atomic E-state index is -0.781. The topological polar surface area (TPSA) is 116 Å². The highest BCUT2D eigenvalue weighted by Crippen LogP contribution is 2.37. The summed E-state index contributed by atoms with van der Waals surface area (Å²) >= 11 is 0. The standard InChI is InChI=1S/C14H13N3O6/c1-9-6-13(11-4-3-5-12(7-11)16(19)20)14(17(21)22)10(2)15(9)23-8-18/h3-8,13H,1-2H3.